The fourth-order valence-corrected chi connectivity index (χ4v) is 2.94. The molecule has 1 atom stereocenters. The van der Waals surface area contributed by atoms with Crippen molar-refractivity contribution in [3.05, 3.63) is 35.8 Å². The molecule has 2 aromatic heterocycles. The molecule has 5 nitrogen and oxygen atoms in total. The SMILES string of the molecule is CCc1c(C)nc(-c2ccncc2)nc1NC1CCCNC1. The molecule has 0 aromatic carbocycles. The quantitative estimate of drug-likeness (QED) is 0.908. The third kappa shape index (κ3) is 3.25. The highest BCUT2D eigenvalue weighted by molar-refractivity contribution is 5.59. The molecule has 116 valence electrons. The summed E-state index contributed by atoms with van der Waals surface area (Å²) in [5.74, 6) is 1.75. The van der Waals surface area contributed by atoms with Gasteiger partial charge in [0, 0.05) is 41.8 Å². The monoisotopic (exact) mass is 297 g/mol. The number of anilines is 1. The average molecular weight is 297 g/mol. The predicted octanol–water partition coefficient (Wildman–Crippen LogP) is 2.57. The van der Waals surface area contributed by atoms with Gasteiger partial charge in [-0.15, -0.1) is 0 Å². The first-order chi connectivity index (χ1) is 10.8. The van der Waals surface area contributed by atoms with Crippen molar-refractivity contribution in [2.75, 3.05) is 18.4 Å². The number of aryl methyl sites for hydroxylation is 1. The maximum Gasteiger partial charge on any atom is 0.161 e. The van der Waals surface area contributed by atoms with E-state index in [1.807, 2.05) is 12.1 Å². The Labute approximate surface area is 131 Å². The maximum absolute atomic E-state index is 4.79. The first-order valence-electron chi connectivity index (χ1n) is 8.03. The highest BCUT2D eigenvalue weighted by Crippen LogP contribution is 2.23. The molecule has 5 heteroatoms. The zero-order valence-corrected chi connectivity index (χ0v) is 13.3. The number of nitrogens with one attached hydrogen (secondary N) is 2. The van der Waals surface area contributed by atoms with Crippen LogP contribution in [0.5, 0.6) is 0 Å². The Hall–Kier alpha value is -2.01. The van der Waals surface area contributed by atoms with Crippen molar-refractivity contribution in [3.8, 4) is 11.4 Å². The second kappa shape index (κ2) is 6.83. The van der Waals surface area contributed by atoms with E-state index >= 15 is 0 Å². The van der Waals surface area contributed by atoms with Crippen molar-refractivity contribution in [1.82, 2.24) is 20.3 Å². The molecule has 2 N–H and O–H groups in total. The molecule has 0 amide bonds. The van der Waals surface area contributed by atoms with Gasteiger partial charge in [0.2, 0.25) is 0 Å². The molecular weight excluding hydrogens is 274 g/mol. The average Bonchev–Trinajstić information content (AvgIpc) is 2.56. The van der Waals surface area contributed by atoms with Gasteiger partial charge >= 0.3 is 0 Å². The molecule has 22 heavy (non-hydrogen) atoms. The van der Waals surface area contributed by atoms with Gasteiger partial charge in [0.1, 0.15) is 5.82 Å². The number of hydrogen-bond acceptors (Lipinski definition) is 5. The lowest BCUT2D eigenvalue weighted by molar-refractivity contribution is 0.478. The van der Waals surface area contributed by atoms with E-state index in [9.17, 15) is 0 Å². The van der Waals surface area contributed by atoms with Crippen LogP contribution < -0.4 is 10.6 Å². The Morgan fingerprint density at radius 2 is 2.09 bits per heavy atom. The van der Waals surface area contributed by atoms with E-state index in [1.54, 1.807) is 12.4 Å². The van der Waals surface area contributed by atoms with E-state index < -0.39 is 0 Å². The second-order valence-electron chi connectivity index (χ2n) is 5.74. The third-order valence-electron chi connectivity index (χ3n) is 4.14. The largest absolute Gasteiger partial charge is 0.366 e. The minimum Gasteiger partial charge on any atom is -0.366 e. The van der Waals surface area contributed by atoms with Crippen molar-refractivity contribution in [2.45, 2.75) is 39.2 Å². The van der Waals surface area contributed by atoms with Gasteiger partial charge in [0.25, 0.3) is 0 Å². The van der Waals surface area contributed by atoms with Crippen LogP contribution in [0.15, 0.2) is 24.5 Å². The van der Waals surface area contributed by atoms with E-state index in [0.29, 0.717) is 6.04 Å². The molecule has 0 radical (unpaired) electrons. The molecule has 0 saturated carbocycles. The third-order valence-corrected chi connectivity index (χ3v) is 4.14. The lowest BCUT2D eigenvalue weighted by Crippen LogP contribution is -2.39. The highest BCUT2D eigenvalue weighted by atomic mass is 15.1. The summed E-state index contributed by atoms with van der Waals surface area (Å²) >= 11 is 0. The van der Waals surface area contributed by atoms with E-state index in [2.05, 4.69) is 34.4 Å². The first kappa shape index (κ1) is 14.9. The van der Waals surface area contributed by atoms with E-state index in [0.717, 1.165) is 42.4 Å². The summed E-state index contributed by atoms with van der Waals surface area (Å²) in [6.45, 7) is 6.33. The first-order valence-corrected chi connectivity index (χ1v) is 8.03. The van der Waals surface area contributed by atoms with Gasteiger partial charge in [-0.3, -0.25) is 4.98 Å². The van der Waals surface area contributed by atoms with Crippen molar-refractivity contribution < 1.29 is 0 Å². The molecule has 3 heterocycles. The van der Waals surface area contributed by atoms with Crippen LogP contribution in [-0.4, -0.2) is 34.1 Å². The Bertz CT molecular complexity index is 620. The number of rotatable bonds is 4. The fourth-order valence-electron chi connectivity index (χ4n) is 2.94. The lowest BCUT2D eigenvalue weighted by atomic mass is 10.1. The predicted molar refractivity (Wildman–Crippen MR) is 88.9 cm³/mol. The molecule has 1 aliphatic rings. The molecule has 3 rings (SSSR count). The Kier molecular flexibility index (Phi) is 4.63. The molecule has 1 aliphatic heterocycles. The van der Waals surface area contributed by atoms with Crippen molar-refractivity contribution in [3.63, 3.8) is 0 Å². The minimum absolute atomic E-state index is 0.443. The summed E-state index contributed by atoms with van der Waals surface area (Å²) in [6, 6.07) is 4.34. The zero-order valence-electron chi connectivity index (χ0n) is 13.3. The lowest BCUT2D eigenvalue weighted by Gasteiger charge is -2.25. The van der Waals surface area contributed by atoms with Crippen LogP contribution >= 0.6 is 0 Å². The Balaban J connectivity index is 1.94. The van der Waals surface area contributed by atoms with Gasteiger partial charge < -0.3 is 10.6 Å². The standard InChI is InChI=1S/C17H23N5/c1-3-15-12(2)20-16(13-6-9-18-10-7-13)22-17(15)21-14-5-4-8-19-11-14/h6-7,9-10,14,19H,3-5,8,11H2,1-2H3,(H,20,21,22). The number of hydrogen-bond donors (Lipinski definition) is 2. The van der Waals surface area contributed by atoms with Crippen molar-refractivity contribution in [2.24, 2.45) is 0 Å². The normalized spacial score (nSPS) is 18.2. The Morgan fingerprint density at radius 1 is 1.27 bits per heavy atom. The van der Waals surface area contributed by atoms with Gasteiger partial charge in [0.15, 0.2) is 5.82 Å². The van der Waals surface area contributed by atoms with Crippen LogP contribution in [0, 0.1) is 6.92 Å². The highest BCUT2D eigenvalue weighted by Gasteiger charge is 2.17. The maximum atomic E-state index is 4.79. The number of nitrogens with zero attached hydrogens (tertiary/aromatic N) is 3. The molecular formula is C17H23N5. The fraction of sp³-hybridized carbons (Fsp3) is 0.471. The second-order valence-corrected chi connectivity index (χ2v) is 5.74. The summed E-state index contributed by atoms with van der Waals surface area (Å²) in [7, 11) is 0. The summed E-state index contributed by atoms with van der Waals surface area (Å²) in [6.07, 6.45) is 6.88. The van der Waals surface area contributed by atoms with Gasteiger partial charge in [-0.1, -0.05) is 6.92 Å². The summed E-state index contributed by atoms with van der Waals surface area (Å²) < 4.78 is 0. The molecule has 0 bridgehead atoms. The number of pyridine rings is 1. The van der Waals surface area contributed by atoms with Crippen molar-refractivity contribution >= 4 is 5.82 Å². The van der Waals surface area contributed by atoms with Gasteiger partial charge in [0.05, 0.1) is 0 Å². The molecule has 0 spiro atoms. The molecule has 1 fully saturated rings. The number of piperidine rings is 1. The van der Waals surface area contributed by atoms with Crippen LogP contribution in [0.3, 0.4) is 0 Å². The van der Waals surface area contributed by atoms with E-state index in [1.165, 1.54) is 18.4 Å². The van der Waals surface area contributed by atoms with Crippen LogP contribution in [0.25, 0.3) is 11.4 Å². The van der Waals surface area contributed by atoms with Gasteiger partial charge in [-0.2, -0.15) is 0 Å². The molecule has 1 saturated heterocycles. The minimum atomic E-state index is 0.443. The zero-order chi connectivity index (χ0) is 15.4. The van der Waals surface area contributed by atoms with Crippen LogP contribution in [0.4, 0.5) is 5.82 Å². The topological polar surface area (TPSA) is 62.7 Å². The van der Waals surface area contributed by atoms with Crippen LogP contribution in [0.2, 0.25) is 0 Å². The van der Waals surface area contributed by atoms with Crippen LogP contribution in [-0.2, 0) is 6.42 Å². The van der Waals surface area contributed by atoms with E-state index in [4.69, 9.17) is 4.98 Å². The summed E-state index contributed by atoms with van der Waals surface area (Å²) in [5.41, 5.74) is 3.27. The van der Waals surface area contributed by atoms with Gasteiger partial charge in [-0.05, 0) is 44.9 Å². The Morgan fingerprint density at radius 3 is 2.77 bits per heavy atom. The van der Waals surface area contributed by atoms with Crippen LogP contribution in [0.1, 0.15) is 31.0 Å². The molecule has 2 aromatic rings. The smallest absolute Gasteiger partial charge is 0.161 e. The molecule has 1 unspecified atom stereocenters. The summed E-state index contributed by atoms with van der Waals surface area (Å²) in [5, 5.41) is 7.06. The van der Waals surface area contributed by atoms with E-state index in [-0.39, 0.29) is 0 Å². The summed E-state index contributed by atoms with van der Waals surface area (Å²) in [4.78, 5) is 13.5. The van der Waals surface area contributed by atoms with Crippen molar-refractivity contribution in [1.29, 1.82) is 0 Å². The molecule has 0 aliphatic carbocycles. The number of aromatic nitrogens is 3. The van der Waals surface area contributed by atoms with Gasteiger partial charge in [-0.25, -0.2) is 9.97 Å².